The predicted octanol–water partition coefficient (Wildman–Crippen LogP) is 2.94. The molecule has 0 aliphatic carbocycles. The molecule has 0 saturated carbocycles. The lowest BCUT2D eigenvalue weighted by atomic mass is 9.97. The van der Waals surface area contributed by atoms with Gasteiger partial charge in [-0.05, 0) is 59.1 Å². The smallest absolute Gasteiger partial charge is 0.332 e. The van der Waals surface area contributed by atoms with Crippen LogP contribution in [0.15, 0.2) is 24.3 Å². The Labute approximate surface area is 154 Å². The molecule has 3 rings (SSSR count). The maximum absolute atomic E-state index is 12.9. The van der Waals surface area contributed by atoms with Crippen LogP contribution in [0, 0.1) is 6.92 Å². The number of rotatable bonds is 3. The van der Waals surface area contributed by atoms with E-state index in [1.54, 1.807) is 6.92 Å². The van der Waals surface area contributed by atoms with Crippen LogP contribution in [0.1, 0.15) is 45.6 Å². The Morgan fingerprint density at radius 2 is 1.62 bits per heavy atom. The van der Waals surface area contributed by atoms with Crippen LogP contribution in [0.5, 0.6) is 0 Å². The molecule has 0 bridgehead atoms. The molecule has 1 aromatic rings. The molecule has 2 aliphatic heterocycles. The van der Waals surface area contributed by atoms with Crippen molar-refractivity contribution in [3.63, 3.8) is 0 Å². The fraction of sp³-hybridized carbons (Fsp3) is 0.550. The van der Waals surface area contributed by atoms with Crippen LogP contribution < -0.4 is 4.90 Å². The Bertz CT molecular complexity index is 706. The zero-order valence-electron chi connectivity index (χ0n) is 15.9. The van der Waals surface area contributed by atoms with Crippen molar-refractivity contribution in [3.8, 4) is 0 Å². The van der Waals surface area contributed by atoms with Gasteiger partial charge in [0.05, 0.1) is 0 Å². The van der Waals surface area contributed by atoms with E-state index in [2.05, 4.69) is 0 Å². The van der Waals surface area contributed by atoms with Crippen molar-refractivity contribution in [1.82, 2.24) is 9.80 Å². The minimum Gasteiger partial charge on any atom is -0.336 e. The zero-order valence-corrected chi connectivity index (χ0v) is 15.9. The van der Waals surface area contributed by atoms with Gasteiger partial charge >= 0.3 is 6.03 Å². The average molecular weight is 357 g/mol. The Morgan fingerprint density at radius 1 is 1.04 bits per heavy atom. The fourth-order valence-electron chi connectivity index (χ4n) is 4.04. The summed E-state index contributed by atoms with van der Waals surface area (Å²) in [6.07, 6.45) is 3.03. The van der Waals surface area contributed by atoms with Gasteiger partial charge in [0.1, 0.15) is 12.6 Å². The number of piperidine rings is 1. The molecule has 2 heterocycles. The summed E-state index contributed by atoms with van der Waals surface area (Å²) >= 11 is 0. The maximum Gasteiger partial charge on any atom is 0.332 e. The Hall–Kier alpha value is -2.37. The third-order valence-corrected chi connectivity index (χ3v) is 5.53. The first kappa shape index (κ1) is 18.4. The summed E-state index contributed by atoms with van der Waals surface area (Å²) in [5.74, 6) is -0.467. The van der Waals surface area contributed by atoms with E-state index in [0.717, 1.165) is 29.7 Å². The topological polar surface area (TPSA) is 60.9 Å². The Morgan fingerprint density at radius 3 is 2.19 bits per heavy atom. The molecule has 140 valence electrons. The van der Waals surface area contributed by atoms with Crippen molar-refractivity contribution in [2.24, 2.45) is 0 Å². The molecule has 0 radical (unpaired) electrons. The van der Waals surface area contributed by atoms with E-state index in [-0.39, 0.29) is 30.4 Å². The van der Waals surface area contributed by atoms with Crippen LogP contribution in [0.3, 0.4) is 0 Å². The Kier molecular flexibility index (Phi) is 5.03. The summed E-state index contributed by atoms with van der Waals surface area (Å²) in [7, 11) is 0. The summed E-state index contributed by atoms with van der Waals surface area (Å²) in [6, 6.07) is 6.74. The quantitative estimate of drug-likeness (QED) is 0.782. The normalized spacial score (nSPS) is 26.6. The highest BCUT2D eigenvalue weighted by atomic mass is 16.2. The van der Waals surface area contributed by atoms with Gasteiger partial charge in [0, 0.05) is 17.8 Å². The summed E-state index contributed by atoms with van der Waals surface area (Å²) in [5.41, 5.74) is 1.76. The monoisotopic (exact) mass is 357 g/mol. The number of hydrogen-bond donors (Lipinski definition) is 0. The van der Waals surface area contributed by atoms with E-state index in [1.807, 2.05) is 49.9 Å². The minimum atomic E-state index is -0.603. The zero-order chi connectivity index (χ0) is 19.0. The maximum atomic E-state index is 12.9. The molecule has 0 aromatic heterocycles. The minimum absolute atomic E-state index is 0.143. The van der Waals surface area contributed by atoms with Gasteiger partial charge in [0.25, 0.3) is 5.91 Å². The van der Waals surface area contributed by atoms with E-state index in [4.69, 9.17) is 0 Å². The van der Waals surface area contributed by atoms with Gasteiger partial charge in [-0.25, -0.2) is 4.79 Å². The van der Waals surface area contributed by atoms with E-state index in [9.17, 15) is 14.4 Å². The predicted molar refractivity (Wildman–Crippen MR) is 99.9 cm³/mol. The average Bonchev–Trinajstić information content (AvgIpc) is 2.79. The summed E-state index contributed by atoms with van der Waals surface area (Å²) in [6.45, 7) is 7.55. The molecule has 1 aromatic carbocycles. The highest BCUT2D eigenvalue weighted by Gasteiger charge is 2.45. The van der Waals surface area contributed by atoms with Crippen LogP contribution in [0.25, 0.3) is 0 Å². The van der Waals surface area contributed by atoms with Crippen molar-refractivity contribution in [1.29, 1.82) is 0 Å². The number of hydrogen-bond acceptors (Lipinski definition) is 3. The number of amides is 4. The van der Waals surface area contributed by atoms with E-state index < -0.39 is 12.1 Å². The molecule has 4 amide bonds. The molecule has 2 fully saturated rings. The van der Waals surface area contributed by atoms with Crippen LogP contribution in [-0.2, 0) is 9.59 Å². The highest BCUT2D eigenvalue weighted by molar-refractivity contribution is 6.15. The third-order valence-electron chi connectivity index (χ3n) is 5.53. The molecule has 6 heteroatoms. The van der Waals surface area contributed by atoms with Gasteiger partial charge in [0.15, 0.2) is 0 Å². The number of carbonyl (C=O) groups is 3. The van der Waals surface area contributed by atoms with Crippen molar-refractivity contribution in [2.75, 3.05) is 11.4 Å². The number of urea groups is 1. The fourth-order valence-corrected chi connectivity index (χ4v) is 4.04. The lowest BCUT2D eigenvalue weighted by molar-refractivity contribution is -0.141. The highest BCUT2D eigenvalue weighted by Crippen LogP contribution is 2.27. The third kappa shape index (κ3) is 3.20. The molecule has 26 heavy (non-hydrogen) atoms. The first-order chi connectivity index (χ1) is 12.3. The van der Waals surface area contributed by atoms with Gasteiger partial charge < -0.3 is 4.90 Å². The molecular formula is C20H27N3O3. The number of imide groups is 1. The number of nitrogens with zero attached hydrogens (tertiary/aromatic N) is 3. The van der Waals surface area contributed by atoms with Gasteiger partial charge in [-0.3, -0.25) is 19.4 Å². The molecule has 3 atom stereocenters. The molecule has 0 spiro atoms. The number of carbonyl (C=O) groups excluding carboxylic acids is 3. The van der Waals surface area contributed by atoms with Crippen LogP contribution in [-0.4, -0.2) is 52.3 Å². The SMILES string of the molecule is Cc1ccc(N2C(=O)N(CC(=O)N3[C@H](C)CCC[C@H]3C)C(=O)[C@H]2C)cc1. The lowest BCUT2D eigenvalue weighted by Crippen LogP contribution is -2.52. The number of likely N-dealkylation sites (tertiary alicyclic amines) is 1. The van der Waals surface area contributed by atoms with Gasteiger partial charge in [-0.2, -0.15) is 0 Å². The van der Waals surface area contributed by atoms with Gasteiger partial charge in [-0.1, -0.05) is 17.7 Å². The molecule has 0 unspecified atom stereocenters. The van der Waals surface area contributed by atoms with Crippen molar-refractivity contribution in [2.45, 2.75) is 65.1 Å². The summed E-state index contributed by atoms with van der Waals surface area (Å²) in [4.78, 5) is 42.7. The van der Waals surface area contributed by atoms with Crippen molar-refractivity contribution >= 4 is 23.5 Å². The van der Waals surface area contributed by atoms with Crippen molar-refractivity contribution in [3.05, 3.63) is 29.8 Å². The number of anilines is 1. The standard InChI is InChI=1S/C20H27N3O3/c1-13-8-10-17(11-9-13)23-16(4)19(25)21(20(23)26)12-18(24)22-14(2)6-5-7-15(22)3/h8-11,14-16H,5-7,12H2,1-4H3/t14-,15-,16-/m1/s1. The molecule has 0 N–H and O–H groups in total. The van der Waals surface area contributed by atoms with Crippen LogP contribution in [0.2, 0.25) is 0 Å². The van der Waals surface area contributed by atoms with Crippen LogP contribution in [0.4, 0.5) is 10.5 Å². The van der Waals surface area contributed by atoms with E-state index >= 15 is 0 Å². The molecular weight excluding hydrogens is 330 g/mol. The van der Waals surface area contributed by atoms with E-state index in [0.29, 0.717) is 5.69 Å². The summed E-state index contributed by atoms with van der Waals surface area (Å²) in [5, 5.41) is 0. The second-order valence-electron chi connectivity index (χ2n) is 7.52. The van der Waals surface area contributed by atoms with E-state index in [1.165, 1.54) is 4.90 Å². The van der Waals surface area contributed by atoms with Gasteiger partial charge in [-0.15, -0.1) is 0 Å². The number of aryl methyl sites for hydroxylation is 1. The number of benzene rings is 1. The first-order valence-electron chi connectivity index (χ1n) is 9.33. The Balaban J connectivity index is 1.78. The largest absolute Gasteiger partial charge is 0.336 e. The summed E-state index contributed by atoms with van der Waals surface area (Å²) < 4.78 is 0. The second kappa shape index (κ2) is 7.09. The second-order valence-corrected chi connectivity index (χ2v) is 7.52. The molecule has 2 saturated heterocycles. The first-order valence-corrected chi connectivity index (χ1v) is 9.33. The van der Waals surface area contributed by atoms with Crippen LogP contribution >= 0.6 is 0 Å². The van der Waals surface area contributed by atoms with Crippen molar-refractivity contribution < 1.29 is 14.4 Å². The van der Waals surface area contributed by atoms with Gasteiger partial charge in [0.2, 0.25) is 5.91 Å². The molecule has 6 nitrogen and oxygen atoms in total. The lowest BCUT2D eigenvalue weighted by Gasteiger charge is -2.39. The molecule has 2 aliphatic rings.